The summed E-state index contributed by atoms with van der Waals surface area (Å²) in [4.78, 5) is 27.2. The lowest BCUT2D eigenvalue weighted by Gasteiger charge is -2.07. The predicted octanol–water partition coefficient (Wildman–Crippen LogP) is 0.868. The number of amides is 2. The van der Waals surface area contributed by atoms with E-state index in [1.807, 2.05) is 0 Å². The van der Waals surface area contributed by atoms with Crippen molar-refractivity contribution < 1.29 is 9.59 Å². The van der Waals surface area contributed by atoms with Gasteiger partial charge in [-0.3, -0.25) is 14.3 Å². The first-order valence-corrected chi connectivity index (χ1v) is 7.16. The lowest BCUT2D eigenvalue weighted by Crippen LogP contribution is -2.35. The monoisotopic (exact) mass is 321 g/mol. The molecule has 0 aliphatic rings. The van der Waals surface area contributed by atoms with Gasteiger partial charge in [-0.1, -0.05) is 11.6 Å². The number of benzene rings is 1. The van der Waals surface area contributed by atoms with Crippen LogP contribution in [0, 0.1) is 0 Å². The second-order valence-electron chi connectivity index (χ2n) is 4.52. The van der Waals surface area contributed by atoms with E-state index in [0.29, 0.717) is 36.6 Å². The van der Waals surface area contributed by atoms with Gasteiger partial charge in [-0.15, -0.1) is 0 Å². The molecular formula is C14H16ClN5O2. The van der Waals surface area contributed by atoms with E-state index in [0.717, 1.165) is 0 Å². The zero-order valence-electron chi connectivity index (χ0n) is 11.8. The van der Waals surface area contributed by atoms with Gasteiger partial charge in [0.25, 0.3) is 5.91 Å². The van der Waals surface area contributed by atoms with Crippen molar-refractivity contribution in [3.63, 3.8) is 0 Å². The predicted molar refractivity (Wildman–Crippen MR) is 81.4 cm³/mol. The van der Waals surface area contributed by atoms with Crippen LogP contribution in [0.3, 0.4) is 0 Å². The fourth-order valence-corrected chi connectivity index (χ4v) is 1.86. The maximum absolute atomic E-state index is 11.8. The maximum Gasteiger partial charge on any atom is 0.251 e. The minimum absolute atomic E-state index is 0.101. The van der Waals surface area contributed by atoms with Gasteiger partial charge in [0.15, 0.2) is 0 Å². The smallest absolute Gasteiger partial charge is 0.251 e. The second kappa shape index (κ2) is 8.14. The number of nitrogens with one attached hydrogen (secondary N) is 2. The third-order valence-electron chi connectivity index (χ3n) is 2.87. The summed E-state index contributed by atoms with van der Waals surface area (Å²) in [5, 5.41) is 9.93. The Labute approximate surface area is 132 Å². The summed E-state index contributed by atoms with van der Waals surface area (Å²) in [6.45, 7) is 1.20. The van der Waals surface area contributed by atoms with E-state index in [2.05, 4.69) is 20.7 Å². The van der Waals surface area contributed by atoms with E-state index >= 15 is 0 Å². The van der Waals surface area contributed by atoms with Crippen LogP contribution in [0.5, 0.6) is 0 Å². The molecule has 2 aromatic rings. The standard InChI is InChI=1S/C14H16ClN5O2/c15-12-3-1-11(2-4-12)14(22)18-7-6-17-13(21)5-8-20-10-16-9-19-20/h1-4,9-10H,5-8H2,(H,17,21)(H,18,22). The van der Waals surface area contributed by atoms with Gasteiger partial charge in [-0.25, -0.2) is 4.98 Å². The number of hydrogen-bond donors (Lipinski definition) is 2. The van der Waals surface area contributed by atoms with Crippen LogP contribution < -0.4 is 10.6 Å². The van der Waals surface area contributed by atoms with Gasteiger partial charge in [0.1, 0.15) is 12.7 Å². The number of halogens is 1. The molecule has 8 heteroatoms. The molecule has 0 spiro atoms. The highest BCUT2D eigenvalue weighted by atomic mass is 35.5. The van der Waals surface area contributed by atoms with Crippen molar-refractivity contribution in [2.24, 2.45) is 0 Å². The molecular weight excluding hydrogens is 306 g/mol. The molecule has 0 aliphatic carbocycles. The SMILES string of the molecule is O=C(CCn1cncn1)NCCNC(=O)c1ccc(Cl)cc1. The minimum atomic E-state index is -0.200. The average molecular weight is 322 g/mol. The molecule has 2 amide bonds. The van der Waals surface area contributed by atoms with Crippen molar-refractivity contribution in [3.05, 3.63) is 47.5 Å². The Hall–Kier alpha value is -2.41. The first-order chi connectivity index (χ1) is 10.6. The minimum Gasteiger partial charge on any atom is -0.354 e. The zero-order valence-corrected chi connectivity index (χ0v) is 12.6. The molecule has 1 aromatic carbocycles. The highest BCUT2D eigenvalue weighted by Gasteiger charge is 2.05. The van der Waals surface area contributed by atoms with Crippen LogP contribution >= 0.6 is 11.6 Å². The van der Waals surface area contributed by atoms with Gasteiger partial charge in [-0.05, 0) is 24.3 Å². The Morgan fingerprint density at radius 3 is 2.55 bits per heavy atom. The van der Waals surface area contributed by atoms with Crippen molar-refractivity contribution in [2.45, 2.75) is 13.0 Å². The summed E-state index contributed by atoms with van der Waals surface area (Å²) < 4.78 is 1.59. The normalized spacial score (nSPS) is 10.2. The van der Waals surface area contributed by atoms with Crippen LogP contribution in [0.4, 0.5) is 0 Å². The first-order valence-electron chi connectivity index (χ1n) is 6.78. The summed E-state index contributed by atoms with van der Waals surface area (Å²) in [7, 11) is 0. The summed E-state index contributed by atoms with van der Waals surface area (Å²) in [5.74, 6) is -0.301. The fraction of sp³-hybridized carbons (Fsp3) is 0.286. The molecule has 1 heterocycles. The quantitative estimate of drug-likeness (QED) is 0.740. The van der Waals surface area contributed by atoms with Crippen LogP contribution in [-0.4, -0.2) is 39.7 Å². The van der Waals surface area contributed by atoms with Crippen molar-refractivity contribution in [3.8, 4) is 0 Å². The van der Waals surface area contributed by atoms with Crippen molar-refractivity contribution in [1.29, 1.82) is 0 Å². The van der Waals surface area contributed by atoms with Crippen LogP contribution in [0.1, 0.15) is 16.8 Å². The first kappa shape index (κ1) is 16.0. The number of rotatable bonds is 7. The lowest BCUT2D eigenvalue weighted by atomic mass is 10.2. The highest BCUT2D eigenvalue weighted by Crippen LogP contribution is 2.09. The van der Waals surface area contributed by atoms with Crippen LogP contribution in [0.25, 0.3) is 0 Å². The van der Waals surface area contributed by atoms with Gasteiger partial charge in [0.05, 0.1) is 6.54 Å². The summed E-state index contributed by atoms with van der Waals surface area (Å²) in [6.07, 6.45) is 3.29. The molecule has 22 heavy (non-hydrogen) atoms. The Kier molecular flexibility index (Phi) is 5.91. The molecule has 0 aliphatic heterocycles. The topological polar surface area (TPSA) is 88.9 Å². The summed E-state index contributed by atoms with van der Waals surface area (Å²) >= 11 is 5.76. The lowest BCUT2D eigenvalue weighted by molar-refractivity contribution is -0.121. The molecule has 0 atom stereocenters. The zero-order chi connectivity index (χ0) is 15.8. The molecule has 116 valence electrons. The van der Waals surface area contributed by atoms with Crippen LogP contribution in [-0.2, 0) is 11.3 Å². The van der Waals surface area contributed by atoms with Crippen LogP contribution in [0.15, 0.2) is 36.9 Å². The molecule has 2 N–H and O–H groups in total. The van der Waals surface area contributed by atoms with Gasteiger partial charge in [0, 0.05) is 30.1 Å². The number of nitrogens with zero attached hydrogens (tertiary/aromatic N) is 3. The molecule has 1 aromatic heterocycles. The highest BCUT2D eigenvalue weighted by molar-refractivity contribution is 6.30. The van der Waals surface area contributed by atoms with E-state index in [9.17, 15) is 9.59 Å². The van der Waals surface area contributed by atoms with E-state index in [1.54, 1.807) is 35.3 Å². The van der Waals surface area contributed by atoms with Gasteiger partial charge in [-0.2, -0.15) is 5.10 Å². The van der Waals surface area contributed by atoms with Crippen molar-refractivity contribution in [2.75, 3.05) is 13.1 Å². The van der Waals surface area contributed by atoms with Gasteiger partial charge in [0.2, 0.25) is 5.91 Å². The molecule has 0 unspecified atom stereocenters. The third kappa shape index (κ3) is 5.17. The second-order valence-corrected chi connectivity index (χ2v) is 4.96. The molecule has 0 saturated heterocycles. The van der Waals surface area contributed by atoms with Crippen LogP contribution in [0.2, 0.25) is 5.02 Å². The van der Waals surface area contributed by atoms with Gasteiger partial charge >= 0.3 is 0 Å². The van der Waals surface area contributed by atoms with Crippen molar-refractivity contribution in [1.82, 2.24) is 25.4 Å². The number of carbonyl (C=O) groups excluding carboxylic acids is 2. The van der Waals surface area contributed by atoms with E-state index in [4.69, 9.17) is 11.6 Å². The Morgan fingerprint density at radius 1 is 1.14 bits per heavy atom. The van der Waals surface area contributed by atoms with Crippen molar-refractivity contribution >= 4 is 23.4 Å². The Bertz CT molecular complexity index is 613. The number of aromatic nitrogens is 3. The van der Waals surface area contributed by atoms with E-state index in [-0.39, 0.29) is 11.8 Å². The molecule has 0 fully saturated rings. The average Bonchev–Trinajstić information content (AvgIpc) is 3.03. The molecule has 0 saturated carbocycles. The number of carbonyl (C=O) groups is 2. The summed E-state index contributed by atoms with van der Waals surface area (Å²) in [5.41, 5.74) is 0.530. The third-order valence-corrected chi connectivity index (χ3v) is 3.13. The molecule has 7 nitrogen and oxygen atoms in total. The largest absolute Gasteiger partial charge is 0.354 e. The molecule has 2 rings (SSSR count). The fourth-order valence-electron chi connectivity index (χ4n) is 1.73. The molecule has 0 radical (unpaired) electrons. The number of hydrogen-bond acceptors (Lipinski definition) is 4. The number of aryl methyl sites for hydroxylation is 1. The Morgan fingerprint density at radius 2 is 1.86 bits per heavy atom. The Balaban J connectivity index is 1.61. The summed E-state index contributed by atoms with van der Waals surface area (Å²) in [6, 6.07) is 6.60. The van der Waals surface area contributed by atoms with E-state index < -0.39 is 0 Å². The maximum atomic E-state index is 11.8. The van der Waals surface area contributed by atoms with E-state index in [1.165, 1.54) is 6.33 Å². The molecule has 0 bridgehead atoms. The van der Waals surface area contributed by atoms with Gasteiger partial charge < -0.3 is 10.6 Å².